The molecule has 0 bridgehead atoms. The maximum Gasteiger partial charge on any atom is 0.417 e. The lowest BCUT2D eigenvalue weighted by Gasteiger charge is -2.18. The third-order valence-corrected chi connectivity index (χ3v) is 6.67. The molecule has 0 aliphatic heterocycles. The fourth-order valence-electron chi connectivity index (χ4n) is 2.83. The summed E-state index contributed by atoms with van der Waals surface area (Å²) in [5.41, 5.74) is -0.0595. The first-order valence-electron chi connectivity index (χ1n) is 9.47. The van der Waals surface area contributed by atoms with Crippen LogP contribution in [0.5, 0.6) is 0 Å². The van der Waals surface area contributed by atoms with Gasteiger partial charge in [-0.1, -0.05) is 11.6 Å². The highest BCUT2D eigenvalue weighted by atomic mass is 35.5. The zero-order valence-corrected chi connectivity index (χ0v) is 17.9. The molecule has 3 heterocycles. The molecule has 32 heavy (non-hydrogen) atoms. The molecule has 0 radical (unpaired) electrons. The number of hydrogen-bond donors (Lipinski definition) is 3. The molecule has 4 rings (SSSR count). The van der Waals surface area contributed by atoms with Gasteiger partial charge in [0.2, 0.25) is 0 Å². The van der Waals surface area contributed by atoms with Crippen molar-refractivity contribution in [3.63, 3.8) is 0 Å². The Kier molecular flexibility index (Phi) is 6.31. The third-order valence-electron chi connectivity index (χ3n) is 4.62. The summed E-state index contributed by atoms with van der Waals surface area (Å²) in [4.78, 5) is 12.3. The Balaban J connectivity index is 1.49. The van der Waals surface area contributed by atoms with Gasteiger partial charge in [0.1, 0.15) is 16.8 Å². The van der Waals surface area contributed by atoms with Crippen molar-refractivity contribution in [3.8, 4) is 0 Å². The van der Waals surface area contributed by atoms with Crippen LogP contribution in [0.1, 0.15) is 30.2 Å². The fraction of sp³-hybridized carbons (Fsp3) is 0.250. The van der Waals surface area contributed by atoms with Gasteiger partial charge in [0.25, 0.3) is 0 Å². The van der Waals surface area contributed by atoms with Crippen molar-refractivity contribution >= 4 is 39.7 Å². The predicted octanol–water partition coefficient (Wildman–Crippen LogP) is 4.66. The highest BCUT2D eigenvalue weighted by molar-refractivity contribution is 7.86. The van der Waals surface area contributed by atoms with Gasteiger partial charge in [0.15, 0.2) is 6.23 Å². The molecule has 1 aliphatic rings. The van der Waals surface area contributed by atoms with Gasteiger partial charge in [-0.2, -0.15) is 13.2 Å². The van der Waals surface area contributed by atoms with E-state index in [0.29, 0.717) is 16.1 Å². The highest BCUT2D eigenvalue weighted by Gasteiger charge is 2.32. The summed E-state index contributed by atoms with van der Waals surface area (Å²) in [6.45, 7) is 0. The summed E-state index contributed by atoms with van der Waals surface area (Å²) in [5, 5.41) is 16.6. The first-order valence-corrected chi connectivity index (χ1v) is 11.1. The van der Waals surface area contributed by atoms with E-state index in [0.717, 1.165) is 25.1 Å². The van der Waals surface area contributed by atoms with Crippen LogP contribution in [0.25, 0.3) is 0 Å². The average Bonchev–Trinajstić information content (AvgIpc) is 3.60. The predicted molar refractivity (Wildman–Crippen MR) is 114 cm³/mol. The van der Waals surface area contributed by atoms with E-state index in [2.05, 4.69) is 25.6 Å². The molecule has 7 nitrogen and oxygen atoms in total. The van der Waals surface area contributed by atoms with E-state index in [4.69, 9.17) is 11.6 Å². The zero-order chi connectivity index (χ0) is 22.9. The lowest BCUT2D eigenvalue weighted by molar-refractivity contribution is -0.137. The molecule has 0 aromatic carbocycles. The van der Waals surface area contributed by atoms with Gasteiger partial charge in [0.05, 0.1) is 33.1 Å². The Morgan fingerprint density at radius 3 is 2.53 bits per heavy atom. The normalized spacial score (nSPS) is 15.8. The molecule has 0 saturated heterocycles. The molecule has 3 aromatic heterocycles. The van der Waals surface area contributed by atoms with E-state index < -0.39 is 28.8 Å². The molecule has 3 aromatic rings. The molecule has 0 amide bonds. The van der Waals surface area contributed by atoms with Gasteiger partial charge < -0.3 is 15.7 Å². The van der Waals surface area contributed by atoms with Crippen LogP contribution in [0.15, 0.2) is 53.8 Å². The number of nitrogens with zero attached hydrogens (tertiary/aromatic N) is 3. The van der Waals surface area contributed by atoms with Gasteiger partial charge >= 0.3 is 6.18 Å². The number of aliphatic hydroxyl groups is 1. The number of hydrogen-bond acceptors (Lipinski definition) is 7. The van der Waals surface area contributed by atoms with E-state index in [-0.39, 0.29) is 22.0 Å². The summed E-state index contributed by atoms with van der Waals surface area (Å²) >= 11 is 5.95. The Morgan fingerprint density at radius 2 is 1.88 bits per heavy atom. The molecule has 2 unspecified atom stereocenters. The molecule has 12 heteroatoms. The van der Waals surface area contributed by atoms with Crippen molar-refractivity contribution in [2.24, 2.45) is 0 Å². The largest absolute Gasteiger partial charge is 0.417 e. The van der Waals surface area contributed by atoms with E-state index in [1.165, 1.54) is 30.6 Å². The maximum absolute atomic E-state index is 12.7. The number of aliphatic hydroxyl groups excluding tert-OH is 1. The van der Waals surface area contributed by atoms with Crippen LogP contribution in [-0.2, 0) is 17.0 Å². The van der Waals surface area contributed by atoms with E-state index >= 15 is 0 Å². The van der Waals surface area contributed by atoms with E-state index in [9.17, 15) is 22.5 Å². The van der Waals surface area contributed by atoms with Gasteiger partial charge in [-0.3, -0.25) is 4.21 Å². The van der Waals surface area contributed by atoms with Crippen molar-refractivity contribution in [1.29, 1.82) is 0 Å². The Hall–Kier alpha value is -2.76. The van der Waals surface area contributed by atoms with Gasteiger partial charge in [-0.05, 0) is 43.2 Å². The van der Waals surface area contributed by atoms with Crippen LogP contribution in [0, 0.1) is 0 Å². The topological polar surface area (TPSA) is 100 Å². The van der Waals surface area contributed by atoms with Gasteiger partial charge in [-0.25, -0.2) is 15.0 Å². The average molecular weight is 484 g/mol. The molecule has 1 fully saturated rings. The molecule has 1 saturated carbocycles. The number of anilines is 3. The number of nitrogens with one attached hydrogen (secondary N) is 2. The van der Waals surface area contributed by atoms with E-state index in [1.54, 1.807) is 6.07 Å². The number of aromatic nitrogens is 3. The molecule has 2 atom stereocenters. The summed E-state index contributed by atoms with van der Waals surface area (Å²) in [6, 6.07) is 6.68. The van der Waals surface area contributed by atoms with Crippen molar-refractivity contribution in [1.82, 2.24) is 15.0 Å². The fourth-order valence-corrected chi connectivity index (χ4v) is 4.53. The lowest BCUT2D eigenvalue weighted by atomic mass is 10.2. The summed E-state index contributed by atoms with van der Waals surface area (Å²) < 4.78 is 50.7. The Labute approximate surface area is 188 Å². The molecule has 168 valence electrons. The van der Waals surface area contributed by atoms with Crippen LogP contribution in [0.2, 0.25) is 5.15 Å². The minimum atomic E-state index is -4.47. The molecular weight excluding hydrogens is 467 g/mol. The number of pyridine rings is 3. The maximum atomic E-state index is 12.7. The monoisotopic (exact) mass is 483 g/mol. The van der Waals surface area contributed by atoms with E-state index in [1.807, 2.05) is 0 Å². The minimum Gasteiger partial charge on any atom is -0.369 e. The second-order valence-electron chi connectivity index (χ2n) is 7.08. The smallest absolute Gasteiger partial charge is 0.369 e. The molecule has 1 aliphatic carbocycles. The third kappa shape index (κ3) is 5.34. The number of alkyl halides is 3. The molecule has 0 spiro atoms. The standard InChI is InChI=1S/C20H17ClF3N5O2S/c21-16-8-15(32(31)13-2-3-13)14(10-26-16)28-19(30)11-5-6-25-18(7-11)29-17-4-1-12(9-27-17)20(22,23)24/h1,4-10,13,19,28,30H,2-3H2,(H,25,27,29). The SMILES string of the molecule is O=S(c1cc(Cl)ncc1NC(O)c1ccnc(Nc2ccc(C(F)(F)F)cn2)c1)C1CC1. The van der Waals surface area contributed by atoms with Crippen molar-refractivity contribution < 1.29 is 22.5 Å². The Bertz CT molecular complexity index is 1140. The van der Waals surface area contributed by atoms with Crippen molar-refractivity contribution in [3.05, 3.63) is 65.2 Å². The molecular formula is C20H17ClF3N5O2S. The van der Waals surface area contributed by atoms with Crippen LogP contribution >= 0.6 is 11.6 Å². The Morgan fingerprint density at radius 1 is 1.09 bits per heavy atom. The quantitative estimate of drug-likeness (QED) is 0.332. The van der Waals surface area contributed by atoms with Crippen molar-refractivity contribution in [2.45, 2.75) is 35.4 Å². The van der Waals surface area contributed by atoms with Crippen LogP contribution in [0.3, 0.4) is 0 Å². The second kappa shape index (κ2) is 9.00. The summed E-state index contributed by atoms with van der Waals surface area (Å²) in [7, 11) is -1.27. The highest BCUT2D eigenvalue weighted by Crippen LogP contribution is 2.35. The van der Waals surface area contributed by atoms with Gasteiger partial charge in [-0.15, -0.1) is 0 Å². The minimum absolute atomic E-state index is 0.0686. The zero-order valence-electron chi connectivity index (χ0n) is 16.3. The first-order chi connectivity index (χ1) is 15.2. The summed E-state index contributed by atoms with van der Waals surface area (Å²) in [5.74, 6) is 0.431. The number of halogens is 4. The van der Waals surface area contributed by atoms with Gasteiger partial charge in [0, 0.05) is 23.2 Å². The summed E-state index contributed by atoms with van der Waals surface area (Å²) in [6.07, 6.45) is -0.381. The van der Waals surface area contributed by atoms with Crippen LogP contribution in [-0.4, -0.2) is 29.5 Å². The van der Waals surface area contributed by atoms with Crippen LogP contribution in [0.4, 0.5) is 30.5 Å². The number of rotatable bonds is 7. The van der Waals surface area contributed by atoms with Crippen LogP contribution < -0.4 is 10.6 Å². The first kappa shape index (κ1) is 22.4. The lowest BCUT2D eigenvalue weighted by Crippen LogP contribution is -2.13. The molecule has 3 N–H and O–H groups in total. The van der Waals surface area contributed by atoms with Crippen molar-refractivity contribution in [2.75, 3.05) is 10.6 Å². The second-order valence-corrected chi connectivity index (χ2v) is 9.16.